The van der Waals surface area contributed by atoms with Crippen LogP contribution in [0.15, 0.2) is 24.3 Å². The van der Waals surface area contributed by atoms with Gasteiger partial charge in [-0.2, -0.15) is 0 Å². The summed E-state index contributed by atoms with van der Waals surface area (Å²) in [5.74, 6) is -0.318. The first-order valence-electron chi connectivity index (χ1n) is 4.57. The minimum atomic E-state index is -0.179. The van der Waals surface area contributed by atoms with Gasteiger partial charge in [-0.15, -0.1) is 0 Å². The summed E-state index contributed by atoms with van der Waals surface area (Å²) in [6.45, 7) is 9.62. The van der Waals surface area contributed by atoms with Crippen LogP contribution < -0.4 is 0 Å². The molecular formula is C11H18O2. The lowest BCUT2D eigenvalue weighted by Crippen LogP contribution is -2.15. The number of ether oxygens (including phenoxy) is 1. The molecule has 0 aliphatic heterocycles. The number of rotatable bonds is 5. The maximum absolute atomic E-state index is 11.3. The van der Waals surface area contributed by atoms with Crippen LogP contribution in [0.3, 0.4) is 0 Å². The third-order valence-corrected chi connectivity index (χ3v) is 1.91. The Morgan fingerprint density at radius 3 is 2.69 bits per heavy atom. The van der Waals surface area contributed by atoms with Gasteiger partial charge in [-0.1, -0.05) is 31.2 Å². The van der Waals surface area contributed by atoms with E-state index in [9.17, 15) is 4.79 Å². The van der Waals surface area contributed by atoms with Gasteiger partial charge in [0.2, 0.25) is 0 Å². The van der Waals surface area contributed by atoms with Crippen LogP contribution in [0, 0.1) is 5.92 Å². The summed E-state index contributed by atoms with van der Waals surface area (Å²) in [4.78, 5) is 11.3. The van der Waals surface area contributed by atoms with Gasteiger partial charge < -0.3 is 4.74 Å². The summed E-state index contributed by atoms with van der Waals surface area (Å²) in [7, 11) is 0. The summed E-state index contributed by atoms with van der Waals surface area (Å²) in [6, 6.07) is 0. The quantitative estimate of drug-likeness (QED) is 0.482. The fraction of sp³-hybridized carbons (Fsp3) is 0.545. The highest BCUT2D eigenvalue weighted by Crippen LogP contribution is 2.12. The third-order valence-electron chi connectivity index (χ3n) is 1.91. The highest BCUT2D eigenvalue weighted by Gasteiger charge is 2.14. The molecule has 1 atom stereocenters. The zero-order valence-electron chi connectivity index (χ0n) is 8.67. The van der Waals surface area contributed by atoms with Crippen molar-refractivity contribution in [1.82, 2.24) is 0 Å². The van der Waals surface area contributed by atoms with Crippen LogP contribution in [0.1, 0.15) is 27.2 Å². The molecular weight excluding hydrogens is 164 g/mol. The first-order chi connectivity index (χ1) is 6.13. The van der Waals surface area contributed by atoms with Crippen molar-refractivity contribution in [2.24, 2.45) is 5.92 Å². The van der Waals surface area contributed by atoms with Crippen molar-refractivity contribution in [3.8, 4) is 0 Å². The van der Waals surface area contributed by atoms with Crippen LogP contribution in [-0.2, 0) is 9.53 Å². The fourth-order valence-electron chi connectivity index (χ4n) is 0.951. The molecule has 0 saturated heterocycles. The number of allylic oxidation sites excluding steroid dienone is 1. The molecule has 0 bridgehead atoms. The van der Waals surface area contributed by atoms with Crippen LogP contribution in [0.2, 0.25) is 0 Å². The van der Waals surface area contributed by atoms with E-state index in [1.165, 1.54) is 0 Å². The fourth-order valence-corrected chi connectivity index (χ4v) is 0.951. The van der Waals surface area contributed by atoms with Gasteiger partial charge in [-0.05, 0) is 20.3 Å². The van der Waals surface area contributed by atoms with E-state index >= 15 is 0 Å². The minimum absolute atomic E-state index is 0.139. The predicted octanol–water partition coefficient (Wildman–Crippen LogP) is 2.71. The predicted molar refractivity (Wildman–Crippen MR) is 54.4 cm³/mol. The van der Waals surface area contributed by atoms with Crippen molar-refractivity contribution in [1.29, 1.82) is 0 Å². The van der Waals surface area contributed by atoms with E-state index in [1.807, 2.05) is 26.8 Å². The molecule has 0 spiro atoms. The van der Waals surface area contributed by atoms with Gasteiger partial charge >= 0.3 is 5.97 Å². The van der Waals surface area contributed by atoms with Gasteiger partial charge in [0, 0.05) is 0 Å². The van der Waals surface area contributed by atoms with Gasteiger partial charge in [-0.3, -0.25) is 4.79 Å². The van der Waals surface area contributed by atoms with Gasteiger partial charge in [0.1, 0.15) is 6.61 Å². The van der Waals surface area contributed by atoms with Gasteiger partial charge in [0.25, 0.3) is 0 Å². The number of hydrogen-bond acceptors (Lipinski definition) is 2. The lowest BCUT2D eigenvalue weighted by Gasteiger charge is -2.10. The first-order valence-corrected chi connectivity index (χ1v) is 4.57. The van der Waals surface area contributed by atoms with Gasteiger partial charge in [0.05, 0.1) is 5.92 Å². The van der Waals surface area contributed by atoms with E-state index in [2.05, 4.69) is 6.58 Å². The minimum Gasteiger partial charge on any atom is -0.461 e. The van der Waals surface area contributed by atoms with Crippen LogP contribution in [-0.4, -0.2) is 12.6 Å². The van der Waals surface area contributed by atoms with E-state index < -0.39 is 0 Å². The molecule has 0 aromatic rings. The molecule has 2 heteroatoms. The van der Waals surface area contributed by atoms with Crippen molar-refractivity contribution in [3.63, 3.8) is 0 Å². The molecule has 0 fully saturated rings. The molecule has 0 aliphatic rings. The molecule has 0 heterocycles. The van der Waals surface area contributed by atoms with Crippen LogP contribution in [0.4, 0.5) is 0 Å². The number of hydrogen-bond donors (Lipinski definition) is 0. The normalized spacial score (nSPS) is 13.6. The van der Waals surface area contributed by atoms with Crippen LogP contribution in [0.5, 0.6) is 0 Å². The van der Waals surface area contributed by atoms with E-state index in [0.29, 0.717) is 6.61 Å². The van der Waals surface area contributed by atoms with Crippen molar-refractivity contribution < 1.29 is 9.53 Å². The zero-order chi connectivity index (χ0) is 10.3. The zero-order valence-corrected chi connectivity index (χ0v) is 8.67. The molecule has 0 radical (unpaired) electrons. The Morgan fingerprint density at radius 2 is 2.23 bits per heavy atom. The second-order valence-electron chi connectivity index (χ2n) is 3.00. The Bertz CT molecular complexity index is 204. The average molecular weight is 182 g/mol. The summed E-state index contributed by atoms with van der Waals surface area (Å²) in [6.07, 6.45) is 4.56. The van der Waals surface area contributed by atoms with E-state index in [0.717, 1.165) is 12.0 Å². The Kier molecular flexibility index (Phi) is 5.94. The standard InChI is InChI=1S/C11H18O2/c1-5-7-9(3)10(4)11(12)13-8-6-2/h6-7,10H,2,5,8H2,1,3-4H3. The van der Waals surface area contributed by atoms with E-state index in [-0.39, 0.29) is 11.9 Å². The highest BCUT2D eigenvalue weighted by atomic mass is 16.5. The van der Waals surface area contributed by atoms with Crippen molar-refractivity contribution in [2.45, 2.75) is 27.2 Å². The van der Waals surface area contributed by atoms with Crippen LogP contribution in [0.25, 0.3) is 0 Å². The molecule has 2 nitrogen and oxygen atoms in total. The Hall–Kier alpha value is -1.05. The SMILES string of the molecule is C=CCOC(=O)C(C)C(C)=CCC. The van der Waals surface area contributed by atoms with Gasteiger partial charge in [-0.25, -0.2) is 0 Å². The Labute approximate surface area is 80.3 Å². The first kappa shape index (κ1) is 11.9. The molecule has 0 saturated carbocycles. The molecule has 0 aromatic carbocycles. The largest absolute Gasteiger partial charge is 0.461 e. The average Bonchev–Trinajstić information content (AvgIpc) is 2.13. The topological polar surface area (TPSA) is 26.3 Å². The summed E-state index contributed by atoms with van der Waals surface area (Å²) in [5, 5.41) is 0. The number of carbonyl (C=O) groups excluding carboxylic acids is 1. The second-order valence-corrected chi connectivity index (χ2v) is 3.00. The van der Waals surface area contributed by atoms with Crippen LogP contribution >= 0.6 is 0 Å². The molecule has 13 heavy (non-hydrogen) atoms. The lowest BCUT2D eigenvalue weighted by molar-refractivity contribution is -0.145. The van der Waals surface area contributed by atoms with Crippen molar-refractivity contribution >= 4 is 5.97 Å². The molecule has 0 aromatic heterocycles. The maximum Gasteiger partial charge on any atom is 0.313 e. The molecule has 0 N–H and O–H groups in total. The smallest absolute Gasteiger partial charge is 0.313 e. The summed E-state index contributed by atoms with van der Waals surface area (Å²) >= 11 is 0. The monoisotopic (exact) mass is 182 g/mol. The molecule has 74 valence electrons. The van der Waals surface area contributed by atoms with E-state index in [4.69, 9.17) is 4.74 Å². The van der Waals surface area contributed by atoms with Gasteiger partial charge in [0.15, 0.2) is 0 Å². The van der Waals surface area contributed by atoms with E-state index in [1.54, 1.807) is 6.08 Å². The maximum atomic E-state index is 11.3. The number of esters is 1. The third kappa shape index (κ3) is 4.51. The summed E-state index contributed by atoms with van der Waals surface area (Å²) in [5.41, 5.74) is 1.07. The van der Waals surface area contributed by atoms with Crippen molar-refractivity contribution in [2.75, 3.05) is 6.61 Å². The number of carbonyl (C=O) groups is 1. The highest BCUT2D eigenvalue weighted by molar-refractivity contribution is 5.75. The molecule has 0 amide bonds. The molecule has 0 rings (SSSR count). The van der Waals surface area contributed by atoms with Crippen molar-refractivity contribution in [3.05, 3.63) is 24.3 Å². The lowest BCUT2D eigenvalue weighted by atomic mass is 10.0. The Balaban J connectivity index is 4.08. The second kappa shape index (κ2) is 6.46. The Morgan fingerprint density at radius 1 is 1.62 bits per heavy atom. The molecule has 0 aliphatic carbocycles. The summed E-state index contributed by atoms with van der Waals surface area (Å²) < 4.78 is 4.92. The molecule has 1 unspecified atom stereocenters.